The van der Waals surface area contributed by atoms with E-state index >= 15 is 0 Å². The molecule has 0 unspecified atom stereocenters. The molecule has 0 aliphatic rings. The molecule has 0 heterocycles. The van der Waals surface area contributed by atoms with Gasteiger partial charge in [-0.1, -0.05) is 17.7 Å². The van der Waals surface area contributed by atoms with E-state index in [1.165, 1.54) is 48.7 Å². The highest BCUT2D eigenvalue weighted by molar-refractivity contribution is 7.87. The van der Waals surface area contributed by atoms with Crippen LogP contribution in [0.5, 0.6) is 11.5 Å². The van der Waals surface area contributed by atoms with E-state index in [2.05, 4.69) is 10.5 Å². The Morgan fingerprint density at radius 1 is 1.03 bits per heavy atom. The minimum atomic E-state index is -4.02. The van der Waals surface area contributed by atoms with Crippen molar-refractivity contribution in [3.05, 3.63) is 88.0 Å². The third kappa shape index (κ3) is 5.82. The predicted molar refractivity (Wildman–Crippen MR) is 121 cm³/mol. The van der Waals surface area contributed by atoms with Crippen molar-refractivity contribution in [3.8, 4) is 11.5 Å². The number of nitro groups is 1. The molecule has 10 heteroatoms. The Labute approximate surface area is 185 Å². The summed E-state index contributed by atoms with van der Waals surface area (Å²) in [5, 5.41) is 14.8. The van der Waals surface area contributed by atoms with Crippen LogP contribution in [0.4, 0.5) is 11.4 Å². The molecule has 3 aromatic carbocycles. The number of hydrogen-bond acceptors (Lipinski definition) is 8. The molecule has 0 radical (unpaired) electrons. The number of nitrogens with zero attached hydrogens (tertiary/aromatic N) is 2. The molecule has 0 spiro atoms. The third-order valence-corrected chi connectivity index (χ3v) is 5.51. The number of ether oxygens (including phenoxy) is 1. The normalized spacial score (nSPS) is 11.3. The van der Waals surface area contributed by atoms with Gasteiger partial charge in [0.05, 0.1) is 23.4 Å². The monoisotopic (exact) mass is 455 g/mol. The van der Waals surface area contributed by atoms with Crippen molar-refractivity contribution in [3.63, 3.8) is 0 Å². The number of hydrogen-bond donors (Lipinski definition) is 1. The molecule has 0 aliphatic carbocycles. The first kappa shape index (κ1) is 22.8. The topological polar surface area (TPSA) is 120 Å². The second kappa shape index (κ2) is 9.92. The van der Waals surface area contributed by atoms with E-state index in [0.717, 1.165) is 5.56 Å². The molecule has 0 saturated heterocycles. The van der Waals surface area contributed by atoms with Gasteiger partial charge in [-0.2, -0.15) is 13.5 Å². The lowest BCUT2D eigenvalue weighted by molar-refractivity contribution is -0.384. The van der Waals surface area contributed by atoms with Crippen molar-refractivity contribution in [2.75, 3.05) is 12.0 Å². The van der Waals surface area contributed by atoms with Crippen molar-refractivity contribution >= 4 is 27.7 Å². The van der Waals surface area contributed by atoms with E-state index in [4.69, 9.17) is 8.92 Å². The summed E-state index contributed by atoms with van der Waals surface area (Å²) < 4.78 is 36.0. The summed E-state index contributed by atoms with van der Waals surface area (Å²) in [5.41, 5.74) is 4.89. The van der Waals surface area contributed by atoms with Gasteiger partial charge in [0, 0.05) is 12.1 Å². The highest BCUT2D eigenvalue weighted by Crippen LogP contribution is 2.31. The Bertz CT molecular complexity index is 1220. The fourth-order valence-corrected chi connectivity index (χ4v) is 3.59. The van der Waals surface area contributed by atoms with Gasteiger partial charge >= 0.3 is 10.1 Å². The maximum atomic E-state index is 12.6. The zero-order valence-electron chi connectivity index (χ0n) is 17.4. The standard InChI is InChI=1S/C22H21N3O6S/c1-3-30-22-14-17(15-23-24-18-7-9-19(10-8-18)25(26)27)6-13-21(22)31-32(28,29)20-11-4-16(2)5-12-20/h4-15,24H,3H2,1-2H3/b23-15+. The molecule has 3 aromatic rings. The SMILES string of the molecule is CCOc1cc(/C=N/Nc2ccc([N+](=O)[O-])cc2)ccc1OS(=O)(=O)c1ccc(C)cc1. The summed E-state index contributed by atoms with van der Waals surface area (Å²) in [7, 11) is -4.02. The van der Waals surface area contributed by atoms with Crippen molar-refractivity contribution in [2.45, 2.75) is 18.7 Å². The molecule has 9 nitrogen and oxygen atoms in total. The minimum absolute atomic E-state index is 0.0166. The van der Waals surface area contributed by atoms with E-state index in [1.807, 2.05) is 6.92 Å². The summed E-state index contributed by atoms with van der Waals surface area (Å²) in [5.74, 6) is 0.315. The van der Waals surface area contributed by atoms with Gasteiger partial charge in [-0.15, -0.1) is 0 Å². The predicted octanol–water partition coefficient (Wildman–Crippen LogP) is 4.52. The van der Waals surface area contributed by atoms with Crippen LogP contribution in [0.2, 0.25) is 0 Å². The molecule has 3 rings (SSSR count). The van der Waals surface area contributed by atoms with E-state index in [9.17, 15) is 18.5 Å². The number of hydrazone groups is 1. The van der Waals surface area contributed by atoms with Crippen LogP contribution in [-0.2, 0) is 10.1 Å². The van der Waals surface area contributed by atoms with Crippen molar-refractivity contribution in [1.82, 2.24) is 0 Å². The van der Waals surface area contributed by atoms with Crippen LogP contribution < -0.4 is 14.3 Å². The molecule has 1 N–H and O–H groups in total. The molecular formula is C22H21N3O6S. The maximum Gasteiger partial charge on any atom is 0.339 e. The molecule has 0 aliphatic heterocycles. The quantitative estimate of drug-likeness (QED) is 0.218. The molecule has 32 heavy (non-hydrogen) atoms. The number of benzene rings is 3. The van der Waals surface area contributed by atoms with Crippen LogP contribution in [0, 0.1) is 17.0 Å². The average Bonchev–Trinajstić information content (AvgIpc) is 2.76. The summed E-state index contributed by atoms with van der Waals surface area (Å²) in [4.78, 5) is 10.3. The summed E-state index contributed by atoms with van der Waals surface area (Å²) in [6.07, 6.45) is 1.50. The number of non-ortho nitro benzene ring substituents is 1. The lowest BCUT2D eigenvalue weighted by Crippen LogP contribution is -2.11. The Morgan fingerprint density at radius 3 is 2.34 bits per heavy atom. The van der Waals surface area contributed by atoms with Gasteiger partial charge in [-0.3, -0.25) is 15.5 Å². The second-order valence-electron chi connectivity index (χ2n) is 6.66. The van der Waals surface area contributed by atoms with Gasteiger partial charge in [0.2, 0.25) is 0 Å². The smallest absolute Gasteiger partial charge is 0.339 e. The van der Waals surface area contributed by atoms with Crippen LogP contribution in [0.3, 0.4) is 0 Å². The zero-order valence-corrected chi connectivity index (χ0v) is 18.2. The molecule has 0 saturated carbocycles. The number of anilines is 1. The average molecular weight is 455 g/mol. The van der Waals surface area contributed by atoms with Gasteiger partial charge in [0.1, 0.15) is 4.90 Å². The zero-order chi connectivity index (χ0) is 23.1. The molecule has 0 amide bonds. The van der Waals surface area contributed by atoms with E-state index in [1.54, 1.807) is 31.2 Å². The van der Waals surface area contributed by atoms with Gasteiger partial charge in [-0.25, -0.2) is 0 Å². The fourth-order valence-electron chi connectivity index (χ4n) is 2.65. The van der Waals surface area contributed by atoms with E-state index in [-0.39, 0.29) is 22.1 Å². The van der Waals surface area contributed by atoms with Gasteiger partial charge < -0.3 is 8.92 Å². The molecular weight excluding hydrogens is 434 g/mol. The van der Waals surface area contributed by atoms with Crippen molar-refractivity contribution < 1.29 is 22.3 Å². The molecule has 166 valence electrons. The Balaban J connectivity index is 1.75. The van der Waals surface area contributed by atoms with Gasteiger partial charge in [-0.05, 0) is 61.9 Å². The van der Waals surface area contributed by atoms with Crippen LogP contribution in [0.25, 0.3) is 0 Å². The third-order valence-electron chi connectivity index (χ3n) is 4.26. The Hall–Kier alpha value is -3.92. The Kier molecular flexibility index (Phi) is 7.06. The van der Waals surface area contributed by atoms with Crippen LogP contribution >= 0.6 is 0 Å². The highest BCUT2D eigenvalue weighted by Gasteiger charge is 2.19. The first-order chi connectivity index (χ1) is 15.3. The van der Waals surface area contributed by atoms with Gasteiger partial charge in [0.15, 0.2) is 11.5 Å². The Morgan fingerprint density at radius 2 is 1.72 bits per heavy atom. The number of nitro benzene ring substituents is 1. The van der Waals surface area contributed by atoms with E-state index in [0.29, 0.717) is 17.9 Å². The first-order valence-electron chi connectivity index (χ1n) is 9.60. The molecule has 0 fully saturated rings. The summed E-state index contributed by atoms with van der Waals surface area (Å²) in [6.45, 7) is 3.94. The summed E-state index contributed by atoms with van der Waals surface area (Å²) >= 11 is 0. The fraction of sp³-hybridized carbons (Fsp3) is 0.136. The molecule has 0 atom stereocenters. The lowest BCUT2D eigenvalue weighted by atomic mass is 10.2. The van der Waals surface area contributed by atoms with E-state index < -0.39 is 15.0 Å². The summed E-state index contributed by atoms with van der Waals surface area (Å²) in [6, 6.07) is 16.9. The number of nitrogens with one attached hydrogen (secondary N) is 1. The molecule has 0 bridgehead atoms. The van der Waals surface area contributed by atoms with Crippen molar-refractivity contribution in [2.24, 2.45) is 5.10 Å². The minimum Gasteiger partial charge on any atom is -0.490 e. The lowest BCUT2D eigenvalue weighted by Gasteiger charge is -2.12. The van der Waals surface area contributed by atoms with Crippen LogP contribution in [-0.4, -0.2) is 26.2 Å². The van der Waals surface area contributed by atoms with Crippen LogP contribution in [0.1, 0.15) is 18.1 Å². The number of rotatable bonds is 9. The molecule has 0 aromatic heterocycles. The van der Waals surface area contributed by atoms with Gasteiger partial charge in [0.25, 0.3) is 5.69 Å². The van der Waals surface area contributed by atoms with Crippen LogP contribution in [0.15, 0.2) is 76.7 Å². The maximum absolute atomic E-state index is 12.6. The highest BCUT2D eigenvalue weighted by atomic mass is 32.2. The van der Waals surface area contributed by atoms with Crippen molar-refractivity contribution in [1.29, 1.82) is 0 Å². The number of aryl methyl sites for hydroxylation is 1. The largest absolute Gasteiger partial charge is 0.490 e. The first-order valence-corrected chi connectivity index (χ1v) is 11.0. The second-order valence-corrected chi connectivity index (χ2v) is 8.21.